The highest BCUT2D eigenvalue weighted by Gasteiger charge is 2.37. The molecule has 0 spiro atoms. The molecule has 0 saturated carbocycles. The lowest BCUT2D eigenvalue weighted by molar-refractivity contribution is -0.659. The van der Waals surface area contributed by atoms with E-state index in [1.165, 1.54) is 108 Å². The molecule has 14 nitrogen and oxygen atoms in total. The third-order valence-corrected chi connectivity index (χ3v) is 30.0. The van der Waals surface area contributed by atoms with Gasteiger partial charge in [0, 0.05) is 41.7 Å². The minimum Gasteiger partial charge on any atom is -0.452 e. The summed E-state index contributed by atoms with van der Waals surface area (Å²) in [5.41, 5.74) is 35.4. The van der Waals surface area contributed by atoms with Gasteiger partial charge in [0.15, 0.2) is 55.4 Å². The molecular weight excluding hydrogens is 1690 g/mol. The Morgan fingerprint density at radius 2 is 0.679 bits per heavy atom. The van der Waals surface area contributed by atoms with Crippen LogP contribution in [0.4, 0.5) is 0 Å². The maximum atomic E-state index is 6.62. The van der Waals surface area contributed by atoms with Crippen LogP contribution in [0.2, 0.25) is 0 Å². The number of para-hydroxylation sites is 13. The minimum absolute atomic E-state index is 0.573. The van der Waals surface area contributed by atoms with Crippen molar-refractivity contribution in [2.75, 3.05) is 0 Å². The number of nitrogens with zero attached hydrogens (tertiary/aromatic N) is 8. The third-order valence-electron chi connectivity index (χ3n) is 27.5. The Bertz CT molecular complexity index is 9370. The molecule has 0 saturated heterocycles. The lowest BCUT2D eigenvalue weighted by Gasteiger charge is -2.11. The standard InChI is InChI=1S/C31H25N2O2.2C30H23N2O2.C27H23N2S2/c1-18-10-9-11-19(2)29(18)33-25-14-7-6-13-24(25)32(4)30(33)22-17-27-23(16-20(22)3)28-21-12-5-8-15-26(21)34-31(28)35-27;1-18-10-4-6-12-22(18)32-24-14-8-7-13-23(24)31(3)30(32)26-19(2)16-17-21-27(26)34-28-20-11-5-9-15-25(20)33-29(21)28;1-18-10-4-6-12-22(18)32-24-14-8-7-13-23(24)31(3)29(32)26-19(2)16-17-21-27-20-11-5-9-15-25(20)33-30(27)34-28(21)26;1-16-8-7-9-17(2)24(16)29-13-12-28(4)27(29)20-15-23-21(14-18(20)3)26-25(31-23)19-10-5-6-11-22(19)30-26/h5-17H,1-4H3;2*4-17H,1-3H3;5-15H,1-4H3/q4*+1. The molecule has 16 heteroatoms. The number of furan rings is 6. The van der Waals surface area contributed by atoms with E-state index in [1.54, 1.807) is 0 Å². The molecule has 15 aromatic carbocycles. The molecule has 27 aromatic rings. The zero-order valence-electron chi connectivity index (χ0n) is 76.9. The molecule has 0 amide bonds. The Hall–Kier alpha value is -15.9. The second kappa shape index (κ2) is 31.4. The summed E-state index contributed by atoms with van der Waals surface area (Å²) in [4.78, 5) is 0. The van der Waals surface area contributed by atoms with E-state index in [2.05, 4.69) is 395 Å². The van der Waals surface area contributed by atoms with E-state index in [9.17, 15) is 0 Å². The second-order valence-electron chi connectivity index (χ2n) is 35.8. The van der Waals surface area contributed by atoms with Crippen molar-refractivity contribution in [1.82, 2.24) is 18.3 Å². The fourth-order valence-corrected chi connectivity index (χ4v) is 23.7. The Kier molecular flexibility index (Phi) is 19.1. The van der Waals surface area contributed by atoms with Crippen LogP contribution in [0.5, 0.6) is 0 Å². The van der Waals surface area contributed by atoms with Gasteiger partial charge in [-0.3, -0.25) is 0 Å². The van der Waals surface area contributed by atoms with Crippen molar-refractivity contribution in [3.8, 4) is 68.3 Å². The highest BCUT2D eigenvalue weighted by molar-refractivity contribution is 7.36. The predicted octanol–water partition coefficient (Wildman–Crippen LogP) is 29.9. The lowest BCUT2D eigenvalue weighted by Crippen LogP contribution is -2.30. The molecule has 650 valence electrons. The van der Waals surface area contributed by atoms with E-state index in [0.29, 0.717) is 11.6 Å². The van der Waals surface area contributed by atoms with Crippen LogP contribution >= 0.6 is 22.7 Å². The molecule has 0 N–H and O–H groups in total. The first kappa shape index (κ1) is 81.4. The van der Waals surface area contributed by atoms with Crippen LogP contribution in [-0.2, 0) is 28.2 Å². The Morgan fingerprint density at radius 1 is 0.261 bits per heavy atom. The minimum atomic E-state index is 0.573. The van der Waals surface area contributed by atoms with Gasteiger partial charge in [0.05, 0.1) is 70.3 Å². The number of rotatable bonds is 8. The summed E-state index contributed by atoms with van der Waals surface area (Å²) < 4.78 is 61.9. The Morgan fingerprint density at radius 3 is 1.26 bits per heavy atom. The largest absolute Gasteiger partial charge is 0.452 e. The van der Waals surface area contributed by atoms with Crippen LogP contribution in [0.1, 0.15) is 55.6 Å². The van der Waals surface area contributed by atoms with Crippen molar-refractivity contribution >= 4 is 185 Å². The normalized spacial score (nSPS) is 12.0. The predicted molar refractivity (Wildman–Crippen MR) is 549 cm³/mol. The number of hydrogen-bond acceptors (Lipinski definition) is 8. The molecule has 0 aliphatic carbocycles. The van der Waals surface area contributed by atoms with Gasteiger partial charge in [-0.25, -0.2) is 18.3 Å². The average Bonchev–Trinajstić information content (AvgIpc) is 1.63. The first-order valence-electron chi connectivity index (χ1n) is 45.5. The molecule has 0 radical (unpaired) electrons. The van der Waals surface area contributed by atoms with E-state index in [4.69, 9.17) is 26.5 Å². The molecule has 12 aromatic heterocycles. The smallest absolute Gasteiger partial charge is 0.299 e. The zero-order valence-corrected chi connectivity index (χ0v) is 78.5. The number of imidazole rings is 4. The van der Waals surface area contributed by atoms with Gasteiger partial charge in [-0.2, -0.15) is 18.3 Å². The summed E-state index contributed by atoms with van der Waals surface area (Å²) in [6.07, 6.45) is 4.35. The van der Waals surface area contributed by atoms with Crippen molar-refractivity contribution in [2.45, 2.75) is 69.2 Å². The summed E-state index contributed by atoms with van der Waals surface area (Å²) in [6, 6.07) is 107. The topological polar surface area (TPSA) is 114 Å². The van der Waals surface area contributed by atoms with Crippen molar-refractivity contribution in [3.63, 3.8) is 0 Å². The summed E-state index contributed by atoms with van der Waals surface area (Å²) in [5, 5.41) is 11.2. The molecule has 27 rings (SSSR count). The highest BCUT2D eigenvalue weighted by atomic mass is 32.1. The van der Waals surface area contributed by atoms with Gasteiger partial charge in [-0.15, -0.1) is 22.7 Å². The molecule has 0 aliphatic heterocycles. The number of hydrogen-bond donors (Lipinski definition) is 0. The number of thiophene rings is 2. The second-order valence-corrected chi connectivity index (χ2v) is 37.9. The quantitative estimate of drug-likeness (QED) is 0.140. The fraction of sp³-hybridized carbons (Fsp3) is 0.119. The summed E-state index contributed by atoms with van der Waals surface area (Å²) in [7, 11) is 8.55. The van der Waals surface area contributed by atoms with Gasteiger partial charge in [-0.05, 0) is 234 Å². The van der Waals surface area contributed by atoms with Crippen LogP contribution in [0.3, 0.4) is 0 Å². The molecule has 0 unspecified atom stereocenters. The zero-order chi connectivity index (χ0) is 91.1. The summed E-state index contributed by atoms with van der Waals surface area (Å²) in [5.74, 6) is 5.67. The monoisotopic (exact) mass is 1780 g/mol. The van der Waals surface area contributed by atoms with Crippen molar-refractivity contribution in [1.29, 1.82) is 0 Å². The van der Waals surface area contributed by atoms with E-state index in [1.807, 2.05) is 77.3 Å². The first-order valence-corrected chi connectivity index (χ1v) is 47.1. The maximum absolute atomic E-state index is 6.62. The summed E-state index contributed by atoms with van der Waals surface area (Å²) in [6.45, 7) is 21.8. The lowest BCUT2D eigenvalue weighted by atomic mass is 10.0. The van der Waals surface area contributed by atoms with E-state index in [-0.39, 0.29) is 0 Å². The van der Waals surface area contributed by atoms with Crippen molar-refractivity contribution < 1.29 is 44.8 Å². The van der Waals surface area contributed by atoms with Crippen LogP contribution < -0.4 is 18.3 Å². The molecular formula is C118H94N8O6S2+4. The Balaban J connectivity index is 0.0000000982. The molecule has 0 aliphatic rings. The van der Waals surface area contributed by atoms with Gasteiger partial charge in [0.1, 0.15) is 68.6 Å². The van der Waals surface area contributed by atoms with Gasteiger partial charge in [0.25, 0.3) is 34.9 Å². The maximum Gasteiger partial charge on any atom is 0.299 e. The molecule has 134 heavy (non-hydrogen) atoms. The molecule has 0 fully saturated rings. The van der Waals surface area contributed by atoms with Gasteiger partial charge in [0.2, 0.25) is 0 Å². The van der Waals surface area contributed by atoms with Crippen LogP contribution in [-0.4, -0.2) is 18.3 Å². The number of aryl methyl sites for hydroxylation is 14. The Labute approximate surface area is 779 Å². The molecule has 12 heterocycles. The van der Waals surface area contributed by atoms with Crippen LogP contribution in [0.25, 0.3) is 230 Å². The number of fused-ring (bicyclic) bond motifs is 23. The van der Waals surface area contributed by atoms with E-state index in [0.717, 1.165) is 166 Å². The average molecular weight is 1780 g/mol. The van der Waals surface area contributed by atoms with Gasteiger partial charge >= 0.3 is 0 Å². The molecule has 0 bridgehead atoms. The van der Waals surface area contributed by atoms with Crippen LogP contribution in [0, 0.1) is 69.2 Å². The first-order chi connectivity index (χ1) is 65.3. The van der Waals surface area contributed by atoms with Gasteiger partial charge in [-0.1, -0.05) is 194 Å². The van der Waals surface area contributed by atoms with Gasteiger partial charge < -0.3 is 26.5 Å². The van der Waals surface area contributed by atoms with Crippen LogP contribution in [0.15, 0.2) is 342 Å². The number of benzene rings is 15. The van der Waals surface area contributed by atoms with Crippen molar-refractivity contribution in [2.24, 2.45) is 28.2 Å². The van der Waals surface area contributed by atoms with E-state index >= 15 is 0 Å². The summed E-state index contributed by atoms with van der Waals surface area (Å²) >= 11 is 3.84. The van der Waals surface area contributed by atoms with Crippen molar-refractivity contribution in [3.05, 3.63) is 371 Å². The molecule has 0 atom stereocenters. The third kappa shape index (κ3) is 12.6. The highest BCUT2D eigenvalue weighted by Crippen LogP contribution is 2.50. The van der Waals surface area contributed by atoms with E-state index < -0.39 is 0 Å². The number of aromatic nitrogens is 8. The SMILES string of the molecule is Cc1cc2c(cc1-c1n(-c3c(C)cccc3C)c3ccccc3[n+]1C)oc1oc3ccccc3c12.Cc1cc2c(cc1-c1n(-c3c(C)cccc3C)cc[n+]1C)sc1c3ccccc3sc21.Cc1ccccc1-n1c(-c2c(C)ccc3c2oc2c4ccccc4oc32)[n+](C)c2ccccc21.Cc1ccccc1-n1c(-c2c(C)ccc3c2oc2oc4ccccc4c23)[n+](C)c2ccccc21. The fourth-order valence-electron chi connectivity index (χ4n) is 21.1.